The molecule has 2 unspecified atom stereocenters. The predicted octanol–water partition coefficient (Wildman–Crippen LogP) is 6.02. The Morgan fingerprint density at radius 2 is 1.98 bits per heavy atom. The Balaban J connectivity index is 1.27. The Morgan fingerprint density at radius 1 is 1.19 bits per heavy atom. The van der Waals surface area contributed by atoms with Crippen molar-refractivity contribution in [1.82, 2.24) is 24.7 Å². The van der Waals surface area contributed by atoms with E-state index in [1.807, 2.05) is 17.1 Å². The van der Waals surface area contributed by atoms with Crippen LogP contribution in [-0.2, 0) is 14.6 Å². The van der Waals surface area contributed by atoms with Crippen molar-refractivity contribution in [3.8, 4) is 11.4 Å². The number of fused-ring (bicyclic) bond motifs is 1. The van der Waals surface area contributed by atoms with Gasteiger partial charge >= 0.3 is 0 Å². The van der Waals surface area contributed by atoms with Gasteiger partial charge in [-0.15, -0.1) is 0 Å². The van der Waals surface area contributed by atoms with Crippen molar-refractivity contribution in [3.05, 3.63) is 53.6 Å². The van der Waals surface area contributed by atoms with E-state index in [4.69, 9.17) is 26.3 Å². The zero-order valence-corrected chi connectivity index (χ0v) is 26.9. The van der Waals surface area contributed by atoms with Crippen LogP contribution < -0.4 is 10.2 Å². The predicted molar refractivity (Wildman–Crippen MR) is 171 cm³/mol. The molecule has 43 heavy (non-hydrogen) atoms. The SMILES string of the molecule is COC1(C)CCC1n1cc(-c2nccc(Nc3cc4c(C(C)C)ccc(N5C[C@H](CS(C)(=O)=O)[C@H]5C)c4cn3)n2)c(Cl)n1. The fourth-order valence-electron chi connectivity index (χ4n) is 6.35. The molecule has 3 aromatic heterocycles. The number of anilines is 3. The Morgan fingerprint density at radius 3 is 2.63 bits per heavy atom. The van der Waals surface area contributed by atoms with Crippen LogP contribution >= 0.6 is 11.6 Å². The Bertz CT molecular complexity index is 1790. The molecule has 10 nitrogen and oxygen atoms in total. The molecule has 1 aliphatic carbocycles. The third-order valence-corrected chi connectivity index (χ3v) is 10.5. The van der Waals surface area contributed by atoms with Crippen LogP contribution in [-0.4, -0.2) is 70.5 Å². The molecule has 4 atom stereocenters. The largest absolute Gasteiger partial charge is 0.376 e. The lowest BCUT2D eigenvalue weighted by Crippen LogP contribution is -2.57. The van der Waals surface area contributed by atoms with Gasteiger partial charge in [-0.3, -0.25) is 4.68 Å². The molecule has 228 valence electrons. The minimum atomic E-state index is -3.02. The molecule has 6 rings (SSSR count). The highest BCUT2D eigenvalue weighted by Gasteiger charge is 2.45. The molecule has 12 heteroatoms. The topological polar surface area (TPSA) is 115 Å². The summed E-state index contributed by atoms with van der Waals surface area (Å²) < 4.78 is 31.3. The zero-order valence-electron chi connectivity index (χ0n) is 25.4. The lowest BCUT2D eigenvalue weighted by molar-refractivity contribution is -0.105. The van der Waals surface area contributed by atoms with Gasteiger partial charge in [0.1, 0.15) is 21.5 Å². The molecular formula is C31H38ClN7O3S. The van der Waals surface area contributed by atoms with Crippen LogP contribution in [0.25, 0.3) is 22.2 Å². The number of aromatic nitrogens is 5. The summed E-state index contributed by atoms with van der Waals surface area (Å²) in [6.07, 6.45) is 8.72. The summed E-state index contributed by atoms with van der Waals surface area (Å²) in [5.41, 5.74) is 2.68. The van der Waals surface area contributed by atoms with Gasteiger partial charge in [0.05, 0.1) is 23.0 Å². The van der Waals surface area contributed by atoms with Crippen molar-refractivity contribution < 1.29 is 13.2 Å². The van der Waals surface area contributed by atoms with E-state index in [2.05, 4.69) is 66.2 Å². The number of halogens is 1. The third-order valence-electron chi connectivity index (χ3n) is 9.21. The van der Waals surface area contributed by atoms with E-state index < -0.39 is 9.84 Å². The summed E-state index contributed by atoms with van der Waals surface area (Å²) in [4.78, 5) is 16.2. The van der Waals surface area contributed by atoms with Crippen LogP contribution in [0.5, 0.6) is 0 Å². The van der Waals surface area contributed by atoms with E-state index in [0.717, 1.165) is 29.3 Å². The van der Waals surface area contributed by atoms with Crippen molar-refractivity contribution in [3.63, 3.8) is 0 Å². The maximum atomic E-state index is 11.9. The van der Waals surface area contributed by atoms with Gasteiger partial charge in [0.15, 0.2) is 11.0 Å². The minimum absolute atomic E-state index is 0.108. The van der Waals surface area contributed by atoms with E-state index >= 15 is 0 Å². The fourth-order valence-corrected chi connectivity index (χ4v) is 7.74. The number of pyridine rings is 1. The van der Waals surface area contributed by atoms with E-state index in [-0.39, 0.29) is 29.4 Å². The summed E-state index contributed by atoms with van der Waals surface area (Å²) in [6, 6.07) is 8.40. The highest BCUT2D eigenvalue weighted by molar-refractivity contribution is 7.90. The maximum absolute atomic E-state index is 11.9. The van der Waals surface area contributed by atoms with Crippen LogP contribution in [0.15, 0.2) is 42.9 Å². The van der Waals surface area contributed by atoms with Crippen molar-refractivity contribution in [2.75, 3.05) is 35.9 Å². The van der Waals surface area contributed by atoms with E-state index in [1.54, 1.807) is 19.4 Å². The number of methoxy groups -OCH3 is 1. The van der Waals surface area contributed by atoms with Gasteiger partial charge in [-0.2, -0.15) is 5.10 Å². The van der Waals surface area contributed by atoms with Crippen molar-refractivity contribution >= 4 is 49.5 Å². The van der Waals surface area contributed by atoms with Crippen LogP contribution in [0.2, 0.25) is 5.15 Å². The fraction of sp³-hybridized carbons (Fsp3) is 0.484. The summed E-state index contributed by atoms with van der Waals surface area (Å²) in [5, 5.41) is 10.4. The van der Waals surface area contributed by atoms with Gasteiger partial charge in [-0.1, -0.05) is 31.5 Å². The molecule has 4 heterocycles. The van der Waals surface area contributed by atoms with E-state index in [9.17, 15) is 8.42 Å². The van der Waals surface area contributed by atoms with Crippen LogP contribution in [0.4, 0.5) is 17.3 Å². The number of rotatable bonds is 9. The van der Waals surface area contributed by atoms with Gasteiger partial charge in [0, 0.05) is 61.5 Å². The van der Waals surface area contributed by atoms with Crippen LogP contribution in [0, 0.1) is 5.92 Å². The van der Waals surface area contributed by atoms with Crippen LogP contribution in [0.3, 0.4) is 0 Å². The van der Waals surface area contributed by atoms with Gasteiger partial charge in [-0.05, 0) is 61.8 Å². The minimum Gasteiger partial charge on any atom is -0.376 e. The second kappa shape index (κ2) is 11.0. The Labute approximate surface area is 257 Å². The molecule has 1 saturated heterocycles. The molecular weight excluding hydrogens is 586 g/mol. The summed E-state index contributed by atoms with van der Waals surface area (Å²) in [7, 11) is -1.30. The number of benzene rings is 1. The van der Waals surface area contributed by atoms with Crippen molar-refractivity contribution in [2.24, 2.45) is 5.92 Å². The standard InChI is InChI=1S/C31H38ClN7O3S/c1-18(2)21-7-8-25(38-15-20(19(38)3)17-43(6,40)41)23-14-34-28(13-22(21)23)35-27-10-12-33-30(36-27)24-16-39(37-29(24)32)26-9-11-31(26,4)42-5/h7-8,10,12-14,16,18-20,26H,9,11,15,17H2,1-6H3,(H,33,34,35,36)/t19-,20-,26?,31?/m1/s1. The summed E-state index contributed by atoms with van der Waals surface area (Å²) in [5.74, 6) is 2.36. The average molecular weight is 624 g/mol. The highest BCUT2D eigenvalue weighted by atomic mass is 35.5. The second-order valence-corrected chi connectivity index (χ2v) is 15.0. The van der Waals surface area contributed by atoms with Gasteiger partial charge < -0.3 is 15.0 Å². The number of hydrogen-bond acceptors (Lipinski definition) is 9. The van der Waals surface area contributed by atoms with Gasteiger partial charge in [0.25, 0.3) is 0 Å². The number of hydrogen-bond donors (Lipinski definition) is 1. The average Bonchev–Trinajstić information content (AvgIpc) is 3.33. The normalized spacial score (nSPS) is 23.8. The molecule has 1 aliphatic heterocycles. The first-order valence-corrected chi connectivity index (χ1v) is 17.1. The molecule has 2 aliphatic rings. The molecule has 2 fully saturated rings. The van der Waals surface area contributed by atoms with Crippen LogP contribution in [0.1, 0.15) is 58.1 Å². The molecule has 0 spiro atoms. The first-order valence-electron chi connectivity index (χ1n) is 14.6. The van der Waals surface area contributed by atoms with Gasteiger partial charge in [-0.25, -0.2) is 23.4 Å². The van der Waals surface area contributed by atoms with E-state index in [1.165, 1.54) is 11.8 Å². The lowest BCUT2D eigenvalue weighted by Gasteiger charge is -2.48. The molecule has 1 saturated carbocycles. The first kappa shape index (κ1) is 29.8. The number of sulfone groups is 1. The van der Waals surface area contributed by atoms with Crippen molar-refractivity contribution in [2.45, 2.75) is 64.1 Å². The summed E-state index contributed by atoms with van der Waals surface area (Å²) in [6.45, 7) is 9.24. The molecule has 0 radical (unpaired) electrons. The molecule has 1 N–H and O–H groups in total. The van der Waals surface area contributed by atoms with Crippen molar-refractivity contribution in [1.29, 1.82) is 0 Å². The maximum Gasteiger partial charge on any atom is 0.166 e. The van der Waals surface area contributed by atoms with Gasteiger partial charge in [0.2, 0.25) is 0 Å². The lowest BCUT2D eigenvalue weighted by atomic mass is 9.76. The number of nitrogens with zero attached hydrogens (tertiary/aromatic N) is 6. The molecule has 0 bridgehead atoms. The number of ether oxygens (including phenoxy) is 1. The Kier molecular flexibility index (Phi) is 7.63. The quantitative estimate of drug-likeness (QED) is 0.239. The third kappa shape index (κ3) is 5.58. The molecule has 1 aromatic carbocycles. The zero-order chi connectivity index (χ0) is 30.7. The van der Waals surface area contributed by atoms with E-state index in [0.29, 0.717) is 40.6 Å². The smallest absolute Gasteiger partial charge is 0.166 e. The number of nitrogens with one attached hydrogen (secondary N) is 1. The highest BCUT2D eigenvalue weighted by Crippen LogP contribution is 2.45. The monoisotopic (exact) mass is 623 g/mol. The molecule has 4 aromatic rings. The summed E-state index contributed by atoms with van der Waals surface area (Å²) >= 11 is 6.55. The molecule has 0 amide bonds. The first-order chi connectivity index (χ1) is 20.4. The Hall–Kier alpha value is -3.28. The second-order valence-electron chi connectivity index (χ2n) is 12.5.